The number of anilines is 1. The van der Waals surface area contributed by atoms with Crippen LogP contribution in [-0.2, 0) is 6.54 Å². The fourth-order valence-electron chi connectivity index (χ4n) is 2.58. The van der Waals surface area contributed by atoms with Crippen LogP contribution in [0.4, 0.5) is 5.69 Å². The monoisotopic (exact) mass is 218 g/mol. The van der Waals surface area contributed by atoms with Crippen molar-refractivity contribution in [1.82, 2.24) is 0 Å². The Labute approximate surface area is 98.4 Å². The molecule has 1 saturated heterocycles. The Morgan fingerprint density at radius 3 is 2.81 bits per heavy atom. The summed E-state index contributed by atoms with van der Waals surface area (Å²) in [5.41, 5.74) is 9.64. The van der Waals surface area contributed by atoms with Gasteiger partial charge in [0.1, 0.15) is 0 Å². The molecule has 1 aliphatic rings. The van der Waals surface area contributed by atoms with Crippen molar-refractivity contribution in [2.45, 2.75) is 33.2 Å². The predicted molar refractivity (Wildman–Crippen MR) is 69.7 cm³/mol. The van der Waals surface area contributed by atoms with Gasteiger partial charge in [-0.2, -0.15) is 0 Å². The third-order valence-corrected chi connectivity index (χ3v) is 3.70. The van der Waals surface area contributed by atoms with Gasteiger partial charge in [-0.1, -0.05) is 25.5 Å². The van der Waals surface area contributed by atoms with Gasteiger partial charge in [-0.25, -0.2) is 0 Å². The van der Waals surface area contributed by atoms with Gasteiger partial charge in [0.25, 0.3) is 0 Å². The largest absolute Gasteiger partial charge is 0.371 e. The van der Waals surface area contributed by atoms with Crippen LogP contribution < -0.4 is 10.6 Å². The Morgan fingerprint density at radius 2 is 2.25 bits per heavy atom. The molecule has 0 amide bonds. The van der Waals surface area contributed by atoms with E-state index < -0.39 is 0 Å². The first-order valence-electron chi connectivity index (χ1n) is 6.29. The number of nitrogens with two attached hydrogens (primary N) is 1. The smallest absolute Gasteiger partial charge is 0.0396 e. The minimum Gasteiger partial charge on any atom is -0.371 e. The second-order valence-electron chi connectivity index (χ2n) is 4.83. The SMILES string of the molecule is CCC1CCN(c2ccc(CN)cc2C)C1. The molecule has 1 fully saturated rings. The van der Waals surface area contributed by atoms with E-state index >= 15 is 0 Å². The van der Waals surface area contributed by atoms with Gasteiger partial charge in [0, 0.05) is 25.3 Å². The van der Waals surface area contributed by atoms with Crippen LogP contribution >= 0.6 is 0 Å². The molecule has 0 spiro atoms. The molecule has 2 rings (SSSR count). The number of rotatable bonds is 3. The van der Waals surface area contributed by atoms with Crippen LogP contribution in [0.5, 0.6) is 0 Å². The van der Waals surface area contributed by atoms with E-state index in [1.54, 1.807) is 0 Å². The molecule has 88 valence electrons. The van der Waals surface area contributed by atoms with Crippen molar-refractivity contribution in [3.63, 3.8) is 0 Å². The van der Waals surface area contributed by atoms with Crippen molar-refractivity contribution in [2.75, 3.05) is 18.0 Å². The third-order valence-electron chi connectivity index (χ3n) is 3.70. The minimum absolute atomic E-state index is 0.638. The van der Waals surface area contributed by atoms with Crippen molar-refractivity contribution in [3.8, 4) is 0 Å². The zero-order valence-corrected chi connectivity index (χ0v) is 10.4. The zero-order chi connectivity index (χ0) is 11.5. The summed E-state index contributed by atoms with van der Waals surface area (Å²) in [6.07, 6.45) is 2.64. The lowest BCUT2D eigenvalue weighted by atomic mass is 10.1. The maximum Gasteiger partial charge on any atom is 0.0396 e. The average Bonchev–Trinajstić information content (AvgIpc) is 2.77. The summed E-state index contributed by atoms with van der Waals surface area (Å²) in [5.74, 6) is 0.883. The second kappa shape index (κ2) is 4.88. The molecular formula is C14H22N2. The molecule has 1 aliphatic heterocycles. The lowest BCUT2D eigenvalue weighted by molar-refractivity contribution is 0.569. The van der Waals surface area contributed by atoms with Crippen LogP contribution in [0.3, 0.4) is 0 Å². The maximum atomic E-state index is 5.65. The van der Waals surface area contributed by atoms with E-state index in [9.17, 15) is 0 Å². The van der Waals surface area contributed by atoms with Gasteiger partial charge in [-0.15, -0.1) is 0 Å². The summed E-state index contributed by atoms with van der Waals surface area (Å²) in [4.78, 5) is 2.52. The number of hydrogen-bond donors (Lipinski definition) is 1. The van der Waals surface area contributed by atoms with E-state index in [1.165, 1.54) is 42.7 Å². The quantitative estimate of drug-likeness (QED) is 0.845. The molecule has 1 unspecified atom stereocenters. The van der Waals surface area contributed by atoms with Crippen molar-refractivity contribution >= 4 is 5.69 Å². The lowest BCUT2D eigenvalue weighted by Gasteiger charge is -2.21. The molecule has 1 aromatic carbocycles. The summed E-state index contributed by atoms with van der Waals surface area (Å²) in [5, 5.41) is 0. The summed E-state index contributed by atoms with van der Waals surface area (Å²) in [6, 6.07) is 6.60. The molecule has 16 heavy (non-hydrogen) atoms. The van der Waals surface area contributed by atoms with Gasteiger partial charge in [0.2, 0.25) is 0 Å². The Hall–Kier alpha value is -1.02. The van der Waals surface area contributed by atoms with Gasteiger partial charge >= 0.3 is 0 Å². The fourth-order valence-corrected chi connectivity index (χ4v) is 2.58. The Kier molecular flexibility index (Phi) is 3.49. The van der Waals surface area contributed by atoms with Crippen LogP contribution in [0, 0.1) is 12.8 Å². The molecule has 0 bridgehead atoms. The number of aryl methyl sites for hydroxylation is 1. The predicted octanol–water partition coefficient (Wildman–Crippen LogP) is 2.69. The molecule has 0 saturated carbocycles. The molecule has 0 radical (unpaired) electrons. The van der Waals surface area contributed by atoms with Gasteiger partial charge in [-0.3, -0.25) is 0 Å². The minimum atomic E-state index is 0.638. The van der Waals surface area contributed by atoms with Gasteiger partial charge < -0.3 is 10.6 Å². The molecular weight excluding hydrogens is 196 g/mol. The standard InChI is InChI=1S/C14H22N2/c1-3-12-6-7-16(10-12)14-5-4-13(9-15)8-11(14)2/h4-5,8,12H,3,6-7,9-10,15H2,1-2H3. The first-order valence-corrected chi connectivity index (χ1v) is 6.29. The van der Waals surface area contributed by atoms with Gasteiger partial charge in [0.05, 0.1) is 0 Å². The summed E-state index contributed by atoms with van der Waals surface area (Å²) < 4.78 is 0. The molecule has 1 atom stereocenters. The molecule has 2 nitrogen and oxygen atoms in total. The van der Waals surface area contributed by atoms with E-state index in [0.29, 0.717) is 6.54 Å². The number of nitrogens with zero attached hydrogens (tertiary/aromatic N) is 1. The zero-order valence-electron chi connectivity index (χ0n) is 10.4. The van der Waals surface area contributed by atoms with Crippen molar-refractivity contribution < 1.29 is 0 Å². The highest BCUT2D eigenvalue weighted by Crippen LogP contribution is 2.28. The van der Waals surface area contributed by atoms with E-state index in [1.807, 2.05) is 0 Å². The highest BCUT2D eigenvalue weighted by molar-refractivity contribution is 5.55. The topological polar surface area (TPSA) is 29.3 Å². The molecule has 1 aromatic rings. The number of hydrogen-bond acceptors (Lipinski definition) is 2. The van der Waals surface area contributed by atoms with Crippen LogP contribution in [0.15, 0.2) is 18.2 Å². The highest BCUT2D eigenvalue weighted by Gasteiger charge is 2.21. The molecule has 0 aliphatic carbocycles. The van der Waals surface area contributed by atoms with Gasteiger partial charge in [-0.05, 0) is 36.5 Å². The van der Waals surface area contributed by atoms with Gasteiger partial charge in [0.15, 0.2) is 0 Å². The van der Waals surface area contributed by atoms with Crippen molar-refractivity contribution in [1.29, 1.82) is 0 Å². The van der Waals surface area contributed by atoms with Crippen LogP contribution in [0.2, 0.25) is 0 Å². The summed E-state index contributed by atoms with van der Waals surface area (Å²) in [7, 11) is 0. The molecule has 2 N–H and O–H groups in total. The van der Waals surface area contributed by atoms with E-state index in [2.05, 4.69) is 36.9 Å². The fraction of sp³-hybridized carbons (Fsp3) is 0.571. The Bertz CT molecular complexity index is 360. The summed E-state index contributed by atoms with van der Waals surface area (Å²) >= 11 is 0. The lowest BCUT2D eigenvalue weighted by Crippen LogP contribution is -2.20. The molecule has 1 heterocycles. The number of benzene rings is 1. The van der Waals surface area contributed by atoms with E-state index in [-0.39, 0.29) is 0 Å². The van der Waals surface area contributed by atoms with Crippen LogP contribution in [-0.4, -0.2) is 13.1 Å². The first kappa shape index (κ1) is 11.5. The first-order chi connectivity index (χ1) is 7.74. The third kappa shape index (κ3) is 2.22. The normalized spacial score (nSPS) is 20.4. The second-order valence-corrected chi connectivity index (χ2v) is 4.83. The summed E-state index contributed by atoms with van der Waals surface area (Å²) in [6.45, 7) is 7.55. The average molecular weight is 218 g/mol. The Morgan fingerprint density at radius 1 is 1.44 bits per heavy atom. The van der Waals surface area contributed by atoms with Crippen LogP contribution in [0.25, 0.3) is 0 Å². The molecule has 0 aromatic heterocycles. The van der Waals surface area contributed by atoms with E-state index in [4.69, 9.17) is 5.73 Å². The van der Waals surface area contributed by atoms with Crippen molar-refractivity contribution in [3.05, 3.63) is 29.3 Å². The molecule has 2 heteroatoms. The Balaban J connectivity index is 2.15. The highest BCUT2D eigenvalue weighted by atomic mass is 15.2. The van der Waals surface area contributed by atoms with E-state index in [0.717, 1.165) is 5.92 Å². The van der Waals surface area contributed by atoms with Crippen LogP contribution in [0.1, 0.15) is 30.9 Å². The van der Waals surface area contributed by atoms with Crippen molar-refractivity contribution in [2.24, 2.45) is 11.7 Å². The maximum absolute atomic E-state index is 5.65.